The molecule has 8 nitrogen and oxygen atoms in total. The van der Waals surface area contributed by atoms with Gasteiger partial charge in [0.2, 0.25) is 5.91 Å². The lowest BCUT2D eigenvalue weighted by molar-refractivity contribution is -0.118. The van der Waals surface area contributed by atoms with Crippen LogP contribution in [-0.2, 0) is 9.53 Å². The van der Waals surface area contributed by atoms with Crippen LogP contribution < -0.4 is 15.6 Å². The molecule has 33 heavy (non-hydrogen) atoms. The van der Waals surface area contributed by atoms with Crippen LogP contribution in [0.15, 0.2) is 35.4 Å². The number of carbonyl (C=O) groups is 2. The number of thiophene rings is 1. The number of amides is 1. The van der Waals surface area contributed by atoms with E-state index in [-0.39, 0.29) is 17.6 Å². The molecule has 1 N–H and O–H groups in total. The van der Waals surface area contributed by atoms with Crippen LogP contribution in [0.5, 0.6) is 5.75 Å². The Morgan fingerprint density at radius 3 is 2.55 bits per heavy atom. The van der Waals surface area contributed by atoms with E-state index in [4.69, 9.17) is 9.47 Å². The van der Waals surface area contributed by atoms with Crippen molar-refractivity contribution in [1.29, 1.82) is 0 Å². The lowest BCUT2D eigenvalue weighted by Gasteiger charge is -2.21. The Labute approximate surface area is 195 Å². The average molecular weight is 470 g/mol. The molecule has 2 heterocycles. The summed E-state index contributed by atoms with van der Waals surface area (Å²) < 4.78 is 12.1. The van der Waals surface area contributed by atoms with Gasteiger partial charge >= 0.3 is 5.97 Å². The SMILES string of the molecule is COc1ccc(NC(=O)C(C)n2cnc3sc(C(=O)OC4CCCCC4)c(C)c3c2=O)cc1. The molecular weight excluding hydrogens is 442 g/mol. The molecule has 4 rings (SSSR count). The fraction of sp³-hybridized carbons (Fsp3) is 0.417. The van der Waals surface area contributed by atoms with Crippen molar-refractivity contribution in [3.63, 3.8) is 0 Å². The highest BCUT2D eigenvalue weighted by Gasteiger charge is 2.26. The fourth-order valence-corrected chi connectivity index (χ4v) is 5.07. The summed E-state index contributed by atoms with van der Waals surface area (Å²) >= 11 is 1.16. The van der Waals surface area contributed by atoms with E-state index in [1.54, 1.807) is 45.2 Å². The number of nitrogens with one attached hydrogen (secondary N) is 1. The van der Waals surface area contributed by atoms with Gasteiger partial charge in [0.1, 0.15) is 27.6 Å². The summed E-state index contributed by atoms with van der Waals surface area (Å²) in [4.78, 5) is 44.0. The minimum absolute atomic E-state index is 0.0675. The summed E-state index contributed by atoms with van der Waals surface area (Å²) in [6, 6.07) is 6.13. The summed E-state index contributed by atoms with van der Waals surface area (Å²) in [5.74, 6) is -0.0791. The number of ether oxygens (including phenoxy) is 2. The van der Waals surface area contributed by atoms with Crippen molar-refractivity contribution in [2.24, 2.45) is 0 Å². The molecule has 1 unspecified atom stereocenters. The van der Waals surface area contributed by atoms with Crippen LogP contribution in [0, 0.1) is 6.92 Å². The highest BCUT2D eigenvalue weighted by molar-refractivity contribution is 7.20. The van der Waals surface area contributed by atoms with Gasteiger partial charge in [-0.2, -0.15) is 0 Å². The van der Waals surface area contributed by atoms with Crippen LogP contribution >= 0.6 is 11.3 Å². The first-order valence-corrected chi connectivity index (χ1v) is 11.9. The largest absolute Gasteiger partial charge is 0.497 e. The Hall–Kier alpha value is -3.20. The second-order valence-electron chi connectivity index (χ2n) is 8.25. The summed E-state index contributed by atoms with van der Waals surface area (Å²) in [6.07, 6.45) is 6.34. The molecular formula is C24H27N3O5S. The highest BCUT2D eigenvalue weighted by atomic mass is 32.1. The third-order valence-electron chi connectivity index (χ3n) is 6.04. The molecule has 1 fully saturated rings. The Kier molecular flexibility index (Phi) is 6.78. The Balaban J connectivity index is 1.56. The number of hydrogen-bond acceptors (Lipinski definition) is 7. The first-order chi connectivity index (χ1) is 15.9. The molecule has 1 amide bonds. The van der Waals surface area contributed by atoms with Gasteiger partial charge in [0.05, 0.1) is 18.8 Å². The molecule has 0 radical (unpaired) electrons. The molecule has 1 saturated carbocycles. The van der Waals surface area contributed by atoms with Crippen LogP contribution in [0.4, 0.5) is 5.69 Å². The number of nitrogens with zero attached hydrogens (tertiary/aromatic N) is 2. The predicted molar refractivity (Wildman–Crippen MR) is 127 cm³/mol. The zero-order valence-electron chi connectivity index (χ0n) is 18.9. The van der Waals surface area contributed by atoms with E-state index in [9.17, 15) is 14.4 Å². The lowest BCUT2D eigenvalue weighted by Crippen LogP contribution is -2.31. The molecule has 9 heteroatoms. The third-order valence-corrected chi connectivity index (χ3v) is 7.22. The van der Waals surface area contributed by atoms with E-state index in [1.165, 1.54) is 17.3 Å². The maximum atomic E-state index is 13.2. The van der Waals surface area contributed by atoms with Crippen molar-refractivity contribution in [2.45, 2.75) is 58.1 Å². The van der Waals surface area contributed by atoms with Crippen LogP contribution in [0.1, 0.15) is 60.3 Å². The Morgan fingerprint density at radius 2 is 1.88 bits per heavy atom. The smallest absolute Gasteiger partial charge is 0.348 e. The molecule has 174 valence electrons. The first kappa shape index (κ1) is 23.0. The normalized spacial score (nSPS) is 15.2. The maximum absolute atomic E-state index is 13.2. The van der Waals surface area contributed by atoms with Crippen molar-refractivity contribution in [2.75, 3.05) is 12.4 Å². The molecule has 1 aromatic carbocycles. The zero-order valence-corrected chi connectivity index (χ0v) is 19.7. The van der Waals surface area contributed by atoms with Crippen LogP contribution in [-0.4, -0.2) is 34.6 Å². The molecule has 3 aromatic rings. The highest BCUT2D eigenvalue weighted by Crippen LogP contribution is 2.30. The van der Waals surface area contributed by atoms with Gasteiger partial charge in [-0.25, -0.2) is 9.78 Å². The van der Waals surface area contributed by atoms with Gasteiger partial charge in [-0.05, 0) is 69.4 Å². The number of benzene rings is 1. The Bertz CT molecular complexity index is 1230. The molecule has 0 aliphatic heterocycles. The number of aryl methyl sites for hydroxylation is 1. The second-order valence-corrected chi connectivity index (χ2v) is 9.25. The zero-order chi connectivity index (χ0) is 23.5. The fourth-order valence-electron chi connectivity index (χ4n) is 4.04. The van der Waals surface area contributed by atoms with Crippen molar-refractivity contribution < 1.29 is 19.1 Å². The van der Waals surface area contributed by atoms with E-state index < -0.39 is 12.0 Å². The van der Waals surface area contributed by atoms with Gasteiger partial charge in [-0.15, -0.1) is 11.3 Å². The molecule has 2 aromatic heterocycles. The quantitative estimate of drug-likeness (QED) is 0.535. The molecule has 0 bridgehead atoms. The van der Waals surface area contributed by atoms with Gasteiger partial charge in [0.25, 0.3) is 5.56 Å². The Morgan fingerprint density at radius 1 is 1.18 bits per heavy atom. The maximum Gasteiger partial charge on any atom is 0.348 e. The topological polar surface area (TPSA) is 99.5 Å². The van der Waals surface area contributed by atoms with Crippen molar-refractivity contribution in [3.05, 3.63) is 51.4 Å². The summed E-state index contributed by atoms with van der Waals surface area (Å²) in [6.45, 7) is 3.36. The van der Waals surface area contributed by atoms with Crippen LogP contribution in [0.25, 0.3) is 10.2 Å². The summed E-state index contributed by atoms with van der Waals surface area (Å²) in [5.41, 5.74) is 0.780. The number of carbonyl (C=O) groups excluding carboxylic acids is 2. The second kappa shape index (κ2) is 9.74. The van der Waals surface area contributed by atoms with Crippen molar-refractivity contribution in [3.8, 4) is 5.75 Å². The van der Waals surface area contributed by atoms with E-state index in [0.717, 1.165) is 37.0 Å². The summed E-state index contributed by atoms with van der Waals surface area (Å²) in [5, 5.41) is 3.15. The minimum Gasteiger partial charge on any atom is -0.497 e. The monoisotopic (exact) mass is 469 g/mol. The predicted octanol–water partition coefficient (Wildman–Crippen LogP) is 4.46. The number of hydrogen-bond donors (Lipinski definition) is 1. The molecule has 1 aliphatic carbocycles. The number of esters is 1. The number of rotatable bonds is 6. The van der Waals surface area contributed by atoms with Crippen molar-refractivity contribution >= 4 is 39.1 Å². The molecule has 0 saturated heterocycles. The van der Waals surface area contributed by atoms with Crippen molar-refractivity contribution in [1.82, 2.24) is 9.55 Å². The minimum atomic E-state index is -0.798. The van der Waals surface area contributed by atoms with Gasteiger partial charge in [-0.1, -0.05) is 6.42 Å². The lowest BCUT2D eigenvalue weighted by atomic mass is 9.98. The number of anilines is 1. The average Bonchev–Trinajstić information content (AvgIpc) is 3.17. The summed E-state index contributed by atoms with van der Waals surface area (Å²) in [7, 11) is 1.57. The standard InChI is InChI=1S/C24H27N3O5S/c1-14-19-22(33-20(14)24(30)32-18-7-5-4-6-8-18)25-13-27(23(19)29)15(2)21(28)26-16-9-11-17(31-3)12-10-16/h9-13,15,18H,4-8H2,1-3H3,(H,26,28). The number of methoxy groups -OCH3 is 1. The van der Waals surface area contributed by atoms with Gasteiger partial charge in [-0.3, -0.25) is 14.2 Å². The molecule has 0 spiro atoms. The molecule has 1 atom stereocenters. The van der Waals surface area contributed by atoms with E-state index in [1.807, 2.05) is 0 Å². The first-order valence-electron chi connectivity index (χ1n) is 11.0. The van der Waals surface area contributed by atoms with E-state index in [2.05, 4.69) is 10.3 Å². The van der Waals surface area contributed by atoms with Crippen LogP contribution in [0.3, 0.4) is 0 Å². The van der Waals surface area contributed by atoms with Gasteiger partial charge in [0, 0.05) is 5.69 Å². The third kappa shape index (κ3) is 4.78. The van der Waals surface area contributed by atoms with E-state index >= 15 is 0 Å². The van der Waals surface area contributed by atoms with Gasteiger partial charge in [0.15, 0.2) is 0 Å². The number of fused-ring (bicyclic) bond motifs is 1. The van der Waals surface area contributed by atoms with E-state index in [0.29, 0.717) is 32.1 Å². The molecule has 1 aliphatic rings. The van der Waals surface area contributed by atoms with Crippen LogP contribution in [0.2, 0.25) is 0 Å². The van der Waals surface area contributed by atoms with Gasteiger partial charge < -0.3 is 14.8 Å². The number of aromatic nitrogens is 2.